The highest BCUT2D eigenvalue weighted by atomic mass is 16.5. The van der Waals surface area contributed by atoms with E-state index < -0.39 is 0 Å². The largest absolute Gasteiger partial charge is 0.458 e. The SMILES string of the molecule is C#Cc1cc2c(cc1C)B1c3cc(C)c(C#N)cc3Oc3c(C)c(C)nc(c31)O2. The molecule has 2 aliphatic heterocycles. The number of aryl methyl sites for hydroxylation is 3. The number of nitriles is 1. The fraction of sp³-hybridized carbons (Fsp3) is 0.167. The molecule has 1 aromatic heterocycles. The van der Waals surface area contributed by atoms with Crippen LogP contribution < -0.4 is 25.9 Å². The minimum absolute atomic E-state index is 0.0868. The Morgan fingerprint density at radius 1 is 0.931 bits per heavy atom. The minimum Gasteiger partial charge on any atom is -0.458 e. The molecule has 0 amide bonds. The summed E-state index contributed by atoms with van der Waals surface area (Å²) < 4.78 is 12.5. The zero-order valence-electron chi connectivity index (χ0n) is 16.7. The van der Waals surface area contributed by atoms with E-state index >= 15 is 0 Å². The molecule has 0 fully saturated rings. The summed E-state index contributed by atoms with van der Waals surface area (Å²) in [6, 6.07) is 10.1. The maximum atomic E-state index is 9.49. The lowest BCUT2D eigenvalue weighted by Gasteiger charge is -2.34. The molecule has 2 aliphatic rings. The van der Waals surface area contributed by atoms with Crippen molar-refractivity contribution in [2.24, 2.45) is 0 Å². The maximum Gasteiger partial charge on any atom is 0.262 e. The minimum atomic E-state index is -0.0868. The Labute approximate surface area is 170 Å². The number of hydrogen-bond donors (Lipinski definition) is 0. The molecule has 0 spiro atoms. The van der Waals surface area contributed by atoms with Crippen molar-refractivity contribution >= 4 is 23.1 Å². The van der Waals surface area contributed by atoms with E-state index in [1.54, 1.807) is 0 Å². The highest BCUT2D eigenvalue weighted by Crippen LogP contribution is 2.37. The number of pyridine rings is 1. The second-order valence-electron chi connectivity index (χ2n) is 7.67. The molecule has 0 saturated carbocycles. The molecule has 5 rings (SSSR count). The van der Waals surface area contributed by atoms with Crippen molar-refractivity contribution in [3.63, 3.8) is 0 Å². The fourth-order valence-electron chi connectivity index (χ4n) is 4.24. The molecule has 5 heteroatoms. The molecule has 0 saturated heterocycles. The first-order valence-electron chi connectivity index (χ1n) is 9.45. The summed E-state index contributed by atoms with van der Waals surface area (Å²) in [4.78, 5) is 4.71. The molecule has 0 bridgehead atoms. The molecule has 138 valence electrons. The molecule has 4 nitrogen and oxygen atoms in total. The van der Waals surface area contributed by atoms with E-state index in [0.717, 1.165) is 55.8 Å². The molecule has 0 radical (unpaired) electrons. The van der Waals surface area contributed by atoms with Crippen LogP contribution in [0.5, 0.6) is 23.1 Å². The van der Waals surface area contributed by atoms with Crippen molar-refractivity contribution < 1.29 is 9.47 Å². The van der Waals surface area contributed by atoms with Crippen LogP contribution in [-0.4, -0.2) is 11.7 Å². The zero-order valence-corrected chi connectivity index (χ0v) is 16.7. The summed E-state index contributed by atoms with van der Waals surface area (Å²) in [7, 11) is 0. The molecule has 0 N–H and O–H groups in total. The van der Waals surface area contributed by atoms with Crippen LogP contribution in [0.25, 0.3) is 0 Å². The topological polar surface area (TPSA) is 55.1 Å². The van der Waals surface area contributed by atoms with E-state index in [9.17, 15) is 5.26 Å². The van der Waals surface area contributed by atoms with E-state index in [2.05, 4.69) is 18.1 Å². The summed E-state index contributed by atoms with van der Waals surface area (Å²) in [6.07, 6.45) is 5.68. The van der Waals surface area contributed by atoms with Crippen LogP contribution in [0.1, 0.15) is 33.5 Å². The van der Waals surface area contributed by atoms with Gasteiger partial charge in [0.05, 0.1) is 11.6 Å². The third-order valence-electron chi connectivity index (χ3n) is 5.95. The van der Waals surface area contributed by atoms with Crippen molar-refractivity contribution in [3.05, 3.63) is 57.8 Å². The van der Waals surface area contributed by atoms with E-state index in [4.69, 9.17) is 20.9 Å². The number of terminal acetylenes is 1. The van der Waals surface area contributed by atoms with Crippen LogP contribution in [0.4, 0.5) is 0 Å². The summed E-state index contributed by atoms with van der Waals surface area (Å²) in [6.45, 7) is 7.81. The van der Waals surface area contributed by atoms with Crippen molar-refractivity contribution in [3.8, 4) is 41.5 Å². The number of rotatable bonds is 0. The summed E-state index contributed by atoms with van der Waals surface area (Å²) in [5, 5.41) is 9.49. The van der Waals surface area contributed by atoms with Crippen LogP contribution in [0.3, 0.4) is 0 Å². The molecule has 29 heavy (non-hydrogen) atoms. The average Bonchev–Trinajstić information content (AvgIpc) is 2.71. The fourth-order valence-corrected chi connectivity index (χ4v) is 4.24. The second kappa shape index (κ2) is 5.90. The van der Waals surface area contributed by atoms with Gasteiger partial charge in [-0.05, 0) is 61.9 Å². The normalized spacial score (nSPS) is 12.6. The van der Waals surface area contributed by atoms with Gasteiger partial charge in [-0.2, -0.15) is 5.26 Å². The van der Waals surface area contributed by atoms with E-state index in [0.29, 0.717) is 17.2 Å². The lowest BCUT2D eigenvalue weighted by atomic mass is 9.34. The van der Waals surface area contributed by atoms with Gasteiger partial charge >= 0.3 is 0 Å². The van der Waals surface area contributed by atoms with Gasteiger partial charge in [-0.1, -0.05) is 18.1 Å². The van der Waals surface area contributed by atoms with Gasteiger partial charge in [0.25, 0.3) is 6.71 Å². The molecule has 3 aromatic rings. The Bertz CT molecular complexity index is 1310. The van der Waals surface area contributed by atoms with Crippen LogP contribution in [-0.2, 0) is 0 Å². The van der Waals surface area contributed by atoms with Crippen LogP contribution in [0.15, 0.2) is 24.3 Å². The Balaban J connectivity index is 1.88. The molecule has 2 aromatic carbocycles. The predicted molar refractivity (Wildman–Crippen MR) is 114 cm³/mol. The lowest BCUT2D eigenvalue weighted by molar-refractivity contribution is 0.446. The Hall–Kier alpha value is -3.70. The van der Waals surface area contributed by atoms with E-state index in [1.165, 1.54) is 0 Å². The number of benzene rings is 2. The number of hydrogen-bond acceptors (Lipinski definition) is 4. The number of aromatic nitrogens is 1. The molecule has 0 atom stereocenters. The van der Waals surface area contributed by atoms with Gasteiger partial charge < -0.3 is 9.47 Å². The maximum absolute atomic E-state index is 9.49. The monoisotopic (exact) mass is 376 g/mol. The molecular weight excluding hydrogens is 359 g/mol. The lowest BCUT2D eigenvalue weighted by Crippen LogP contribution is -2.58. The first-order valence-corrected chi connectivity index (χ1v) is 9.45. The zero-order chi connectivity index (χ0) is 20.4. The Kier molecular flexibility index (Phi) is 3.54. The van der Waals surface area contributed by atoms with Crippen LogP contribution in [0, 0.1) is 51.4 Å². The third kappa shape index (κ3) is 2.31. The highest BCUT2D eigenvalue weighted by Gasteiger charge is 2.42. The van der Waals surface area contributed by atoms with E-state index in [-0.39, 0.29) is 6.71 Å². The standard InChI is InChI=1S/C24H17BN2O2/c1-6-16-9-21-19(7-12(16)2)25-18-8-13(3)17(11-26)10-20(18)28-23-14(4)15(5)27-24(29-21)22(23)25/h1,7-10H,2-5H3. The van der Waals surface area contributed by atoms with Crippen molar-refractivity contribution in [1.29, 1.82) is 5.26 Å². The molecular formula is C24H17BN2O2. The van der Waals surface area contributed by atoms with Gasteiger partial charge in [0.1, 0.15) is 17.2 Å². The summed E-state index contributed by atoms with van der Waals surface area (Å²) in [5.41, 5.74) is 8.17. The number of ether oxygens (including phenoxy) is 2. The Morgan fingerprint density at radius 3 is 2.21 bits per heavy atom. The molecule has 0 unspecified atom stereocenters. The van der Waals surface area contributed by atoms with Crippen molar-refractivity contribution in [1.82, 2.24) is 4.98 Å². The summed E-state index contributed by atoms with van der Waals surface area (Å²) in [5.74, 6) is 5.48. The Morgan fingerprint density at radius 2 is 1.55 bits per heavy atom. The third-order valence-corrected chi connectivity index (χ3v) is 5.95. The second-order valence-corrected chi connectivity index (χ2v) is 7.67. The first-order chi connectivity index (χ1) is 13.9. The van der Waals surface area contributed by atoms with Gasteiger partial charge in [0.15, 0.2) is 0 Å². The van der Waals surface area contributed by atoms with Crippen LogP contribution in [0.2, 0.25) is 0 Å². The predicted octanol–water partition coefficient (Wildman–Crippen LogP) is 2.90. The van der Waals surface area contributed by atoms with Gasteiger partial charge in [-0.25, -0.2) is 4.98 Å². The van der Waals surface area contributed by atoms with Crippen molar-refractivity contribution in [2.75, 3.05) is 0 Å². The quantitative estimate of drug-likeness (QED) is 0.308. The number of nitrogens with zero attached hydrogens (tertiary/aromatic N) is 2. The smallest absolute Gasteiger partial charge is 0.262 e. The van der Waals surface area contributed by atoms with E-state index in [1.807, 2.05) is 45.9 Å². The van der Waals surface area contributed by atoms with Gasteiger partial charge in [0.2, 0.25) is 5.88 Å². The van der Waals surface area contributed by atoms with Gasteiger partial charge in [-0.3, -0.25) is 0 Å². The molecule has 3 heterocycles. The average molecular weight is 376 g/mol. The number of fused-ring (bicyclic) bond motifs is 4. The first kappa shape index (κ1) is 17.4. The highest BCUT2D eigenvalue weighted by molar-refractivity contribution is 6.98. The van der Waals surface area contributed by atoms with Crippen molar-refractivity contribution in [2.45, 2.75) is 27.7 Å². The van der Waals surface area contributed by atoms with Crippen LogP contribution >= 0.6 is 0 Å². The molecule has 0 aliphatic carbocycles. The summed E-state index contributed by atoms with van der Waals surface area (Å²) >= 11 is 0. The van der Waals surface area contributed by atoms with Gasteiger partial charge in [-0.15, -0.1) is 6.42 Å². The van der Waals surface area contributed by atoms with Gasteiger partial charge in [0, 0.05) is 22.3 Å².